The Labute approximate surface area is 119 Å². The van der Waals surface area contributed by atoms with Gasteiger partial charge in [0.25, 0.3) is 0 Å². The monoisotopic (exact) mass is 300 g/mol. The maximum atomic E-state index is 5.46. The predicted molar refractivity (Wildman–Crippen MR) is 86.3 cm³/mol. The van der Waals surface area contributed by atoms with Crippen molar-refractivity contribution in [2.24, 2.45) is 0 Å². The molecule has 0 nitrogen and oxygen atoms in total. The molecule has 4 aromatic rings. The molecule has 0 fully saturated rings. The lowest BCUT2D eigenvalue weighted by molar-refractivity contribution is 2.06. The van der Waals surface area contributed by atoms with E-state index in [4.69, 9.17) is 12.8 Å². The van der Waals surface area contributed by atoms with E-state index in [1.165, 1.54) is 28.2 Å². The van der Waals surface area contributed by atoms with E-state index in [1.807, 2.05) is 22.7 Å². The fourth-order valence-corrected chi connectivity index (χ4v) is 7.23. The van der Waals surface area contributed by atoms with Crippen molar-refractivity contribution >= 4 is 73.5 Å². The van der Waals surface area contributed by atoms with E-state index >= 15 is 0 Å². The SMILES string of the molecule is C#Cc1cc2sc3c4sc(C#C)cc4sc3c2s1. The highest BCUT2D eigenvalue weighted by molar-refractivity contribution is 7.44. The van der Waals surface area contributed by atoms with E-state index in [2.05, 4.69) is 24.0 Å². The third kappa shape index (κ3) is 1.27. The van der Waals surface area contributed by atoms with Gasteiger partial charge in [-0.25, -0.2) is 0 Å². The summed E-state index contributed by atoms with van der Waals surface area (Å²) in [5.41, 5.74) is 0. The first-order chi connectivity index (χ1) is 8.80. The minimum Gasteiger partial charge on any atom is -0.132 e. The molecule has 0 aliphatic carbocycles. The Kier molecular flexibility index (Phi) is 2.12. The Bertz CT molecular complexity index is 906. The summed E-state index contributed by atoms with van der Waals surface area (Å²) in [6, 6.07) is 4.22. The first kappa shape index (κ1) is 10.6. The van der Waals surface area contributed by atoms with Gasteiger partial charge in [0, 0.05) is 9.40 Å². The molecule has 0 amide bonds. The number of terminal acetylenes is 2. The van der Waals surface area contributed by atoms with Gasteiger partial charge in [-0.1, -0.05) is 11.8 Å². The Morgan fingerprint density at radius 3 is 1.50 bits per heavy atom. The fourth-order valence-electron chi connectivity index (χ4n) is 1.97. The third-order valence-corrected chi connectivity index (χ3v) is 7.85. The van der Waals surface area contributed by atoms with E-state index in [1.54, 1.807) is 22.7 Å². The van der Waals surface area contributed by atoms with Gasteiger partial charge in [-0.2, -0.15) is 0 Å². The normalized spacial score (nSPS) is 11.2. The van der Waals surface area contributed by atoms with Crippen molar-refractivity contribution in [2.75, 3.05) is 0 Å². The van der Waals surface area contributed by atoms with Crippen molar-refractivity contribution in [1.29, 1.82) is 0 Å². The molecule has 18 heavy (non-hydrogen) atoms. The van der Waals surface area contributed by atoms with Crippen LogP contribution in [0.15, 0.2) is 12.1 Å². The van der Waals surface area contributed by atoms with Gasteiger partial charge in [0.2, 0.25) is 0 Å². The minimum atomic E-state index is 1.01. The van der Waals surface area contributed by atoms with E-state index in [-0.39, 0.29) is 0 Å². The van der Waals surface area contributed by atoms with Gasteiger partial charge in [-0.15, -0.1) is 58.2 Å². The molecule has 0 N–H and O–H groups in total. The summed E-state index contributed by atoms with van der Waals surface area (Å²) < 4.78 is 7.99. The standard InChI is InChI=1S/C14H4S4/c1-3-7-5-9-11(15-7)13-14(17-9)12-10(18-13)6-8(4-2)16-12/h1-2,5-6H. The Morgan fingerprint density at radius 1 is 0.667 bits per heavy atom. The average molecular weight is 300 g/mol. The van der Waals surface area contributed by atoms with Gasteiger partial charge in [0.15, 0.2) is 0 Å². The van der Waals surface area contributed by atoms with E-state index in [9.17, 15) is 0 Å². The van der Waals surface area contributed by atoms with Gasteiger partial charge in [0.1, 0.15) is 0 Å². The van der Waals surface area contributed by atoms with Crippen LogP contribution in [0.3, 0.4) is 0 Å². The molecule has 0 aliphatic rings. The topological polar surface area (TPSA) is 0 Å². The summed E-state index contributed by atoms with van der Waals surface area (Å²) in [6.07, 6.45) is 10.9. The molecule has 0 spiro atoms. The summed E-state index contributed by atoms with van der Waals surface area (Å²) in [6.45, 7) is 0. The molecule has 0 saturated carbocycles. The summed E-state index contributed by atoms with van der Waals surface area (Å²) in [7, 11) is 0. The third-order valence-electron chi connectivity index (χ3n) is 2.72. The zero-order valence-electron chi connectivity index (χ0n) is 8.94. The van der Waals surface area contributed by atoms with Crippen LogP contribution in [-0.2, 0) is 0 Å². The lowest BCUT2D eigenvalue weighted by atomic mass is 10.4. The van der Waals surface area contributed by atoms with Crippen molar-refractivity contribution in [2.45, 2.75) is 0 Å². The molecule has 0 bridgehead atoms. The van der Waals surface area contributed by atoms with Crippen molar-refractivity contribution < 1.29 is 0 Å². The highest BCUT2D eigenvalue weighted by Crippen LogP contribution is 2.49. The average Bonchev–Trinajstić information content (AvgIpc) is 3.05. The molecule has 4 aromatic heterocycles. The predicted octanol–water partition coefficient (Wildman–Crippen LogP) is 5.35. The van der Waals surface area contributed by atoms with E-state index in [0.717, 1.165) is 9.75 Å². The molecule has 0 atom stereocenters. The Hall–Kier alpha value is -1.30. The van der Waals surface area contributed by atoms with Crippen LogP contribution in [0.4, 0.5) is 0 Å². The van der Waals surface area contributed by atoms with Gasteiger partial charge in [-0.05, 0) is 12.1 Å². The first-order valence-electron chi connectivity index (χ1n) is 5.12. The second kappa shape index (κ2) is 3.60. The zero-order chi connectivity index (χ0) is 12.3. The molecular weight excluding hydrogens is 296 g/mol. The smallest absolute Gasteiger partial charge is 0.0787 e. The largest absolute Gasteiger partial charge is 0.132 e. The van der Waals surface area contributed by atoms with Crippen molar-refractivity contribution in [3.05, 3.63) is 21.9 Å². The number of hydrogen-bond donors (Lipinski definition) is 0. The van der Waals surface area contributed by atoms with Crippen LogP contribution in [-0.4, -0.2) is 0 Å². The van der Waals surface area contributed by atoms with Gasteiger partial charge in [-0.3, -0.25) is 0 Å². The maximum absolute atomic E-state index is 5.46. The van der Waals surface area contributed by atoms with Crippen molar-refractivity contribution in [3.63, 3.8) is 0 Å². The quantitative estimate of drug-likeness (QED) is 0.384. The summed E-state index contributed by atoms with van der Waals surface area (Å²) in [5, 5.41) is 0. The van der Waals surface area contributed by atoms with Crippen LogP contribution in [0.5, 0.6) is 0 Å². The first-order valence-corrected chi connectivity index (χ1v) is 8.38. The lowest BCUT2D eigenvalue weighted by Gasteiger charge is -1.78. The maximum Gasteiger partial charge on any atom is 0.0787 e. The summed E-state index contributed by atoms with van der Waals surface area (Å²) in [4.78, 5) is 2.03. The summed E-state index contributed by atoms with van der Waals surface area (Å²) in [5.74, 6) is 5.44. The van der Waals surface area contributed by atoms with Crippen LogP contribution < -0.4 is 0 Å². The molecule has 84 valence electrons. The fraction of sp³-hybridized carbons (Fsp3) is 0. The second-order valence-electron chi connectivity index (χ2n) is 3.76. The van der Waals surface area contributed by atoms with Gasteiger partial charge in [0.05, 0.1) is 28.6 Å². The Balaban J connectivity index is 2.17. The zero-order valence-corrected chi connectivity index (χ0v) is 12.2. The molecule has 4 heterocycles. The molecule has 0 unspecified atom stereocenters. The molecular formula is C14H4S4. The van der Waals surface area contributed by atoms with Crippen LogP contribution in [0.2, 0.25) is 0 Å². The van der Waals surface area contributed by atoms with Crippen molar-refractivity contribution in [1.82, 2.24) is 0 Å². The number of rotatable bonds is 0. The number of thiophene rings is 4. The lowest BCUT2D eigenvalue weighted by Crippen LogP contribution is -1.53. The van der Waals surface area contributed by atoms with Crippen LogP contribution in [0.25, 0.3) is 28.2 Å². The van der Waals surface area contributed by atoms with Crippen LogP contribution in [0.1, 0.15) is 9.75 Å². The molecule has 0 radical (unpaired) electrons. The molecule has 4 heteroatoms. The van der Waals surface area contributed by atoms with Crippen LogP contribution in [0, 0.1) is 24.7 Å². The number of hydrogen-bond acceptors (Lipinski definition) is 4. The second-order valence-corrected chi connectivity index (χ2v) is 7.97. The molecule has 4 rings (SSSR count). The molecule has 0 aromatic carbocycles. The molecule has 0 saturated heterocycles. The van der Waals surface area contributed by atoms with Gasteiger partial charge < -0.3 is 0 Å². The summed E-state index contributed by atoms with van der Waals surface area (Å²) >= 11 is 7.07. The van der Waals surface area contributed by atoms with Crippen molar-refractivity contribution in [3.8, 4) is 24.7 Å². The van der Waals surface area contributed by atoms with Gasteiger partial charge >= 0.3 is 0 Å². The van der Waals surface area contributed by atoms with E-state index < -0.39 is 0 Å². The number of fused-ring (bicyclic) bond motifs is 5. The molecule has 0 aliphatic heterocycles. The van der Waals surface area contributed by atoms with E-state index in [0.29, 0.717) is 0 Å². The highest BCUT2D eigenvalue weighted by Gasteiger charge is 2.16. The van der Waals surface area contributed by atoms with Crippen LogP contribution >= 0.6 is 45.3 Å². The minimum absolute atomic E-state index is 1.01. The Morgan fingerprint density at radius 2 is 1.11 bits per heavy atom. The highest BCUT2D eigenvalue weighted by atomic mass is 32.1.